The van der Waals surface area contributed by atoms with E-state index in [-0.39, 0.29) is 6.10 Å². The maximum atomic E-state index is 9.17. The monoisotopic (exact) mass is 316 g/mol. The highest BCUT2D eigenvalue weighted by Crippen LogP contribution is 2.20. The zero-order valence-corrected chi connectivity index (χ0v) is 12.5. The molecule has 0 spiro atoms. The van der Waals surface area contributed by atoms with E-state index in [9.17, 15) is 5.11 Å². The van der Waals surface area contributed by atoms with Crippen LogP contribution in [0, 0.1) is 0 Å². The van der Waals surface area contributed by atoms with Gasteiger partial charge in [-0.3, -0.25) is 0 Å². The van der Waals surface area contributed by atoms with Crippen LogP contribution in [0.25, 0.3) is 0 Å². The van der Waals surface area contributed by atoms with Gasteiger partial charge < -0.3 is 15.7 Å². The molecular weight excluding hydrogens is 296 g/mol. The number of nitrogens with one attached hydrogen (secondary N) is 2. The summed E-state index contributed by atoms with van der Waals surface area (Å²) in [5, 5.41) is 15.6. The van der Waals surface area contributed by atoms with Gasteiger partial charge in [0.25, 0.3) is 0 Å². The second-order valence-electron chi connectivity index (χ2n) is 4.23. The lowest BCUT2D eigenvalue weighted by molar-refractivity contribution is 0.183. The Morgan fingerprint density at radius 1 is 1.39 bits per heavy atom. The summed E-state index contributed by atoms with van der Waals surface area (Å²) < 4.78 is 0.849. The van der Waals surface area contributed by atoms with Crippen molar-refractivity contribution in [1.29, 1.82) is 0 Å². The van der Waals surface area contributed by atoms with Crippen LogP contribution in [0.15, 0.2) is 10.7 Å². The van der Waals surface area contributed by atoms with Gasteiger partial charge in [-0.2, -0.15) is 4.98 Å². The van der Waals surface area contributed by atoms with Crippen molar-refractivity contribution in [2.75, 3.05) is 23.7 Å². The summed E-state index contributed by atoms with van der Waals surface area (Å²) in [6.07, 6.45) is 4.23. The van der Waals surface area contributed by atoms with Crippen LogP contribution >= 0.6 is 15.9 Å². The Morgan fingerprint density at radius 3 is 2.83 bits per heavy atom. The molecule has 3 N–H and O–H groups in total. The smallest absolute Gasteiger partial charge is 0.224 e. The summed E-state index contributed by atoms with van der Waals surface area (Å²) in [7, 11) is 0. The lowest BCUT2D eigenvalue weighted by Gasteiger charge is -2.10. The summed E-state index contributed by atoms with van der Waals surface area (Å²) in [6, 6.07) is 0. The van der Waals surface area contributed by atoms with E-state index < -0.39 is 0 Å². The Balaban J connectivity index is 2.47. The molecule has 0 saturated heterocycles. The van der Waals surface area contributed by atoms with Gasteiger partial charge in [0.1, 0.15) is 5.82 Å². The van der Waals surface area contributed by atoms with E-state index in [4.69, 9.17) is 0 Å². The van der Waals surface area contributed by atoms with Crippen LogP contribution in [0.2, 0.25) is 0 Å². The van der Waals surface area contributed by atoms with Crippen molar-refractivity contribution in [3.63, 3.8) is 0 Å². The molecule has 1 atom stereocenters. The SMILES string of the molecule is CCCNc1ncc(Br)c(NCCCC(C)O)n1. The molecule has 0 amide bonds. The normalized spacial score (nSPS) is 12.2. The van der Waals surface area contributed by atoms with E-state index in [1.54, 1.807) is 13.1 Å². The average molecular weight is 317 g/mol. The molecule has 6 heteroatoms. The molecule has 0 aliphatic heterocycles. The Bertz CT molecular complexity index is 360. The third-order valence-corrected chi connectivity index (χ3v) is 2.95. The molecule has 102 valence electrons. The highest BCUT2D eigenvalue weighted by atomic mass is 79.9. The molecule has 0 aromatic carbocycles. The van der Waals surface area contributed by atoms with Gasteiger partial charge in [-0.15, -0.1) is 0 Å². The summed E-state index contributed by atoms with van der Waals surface area (Å²) in [6.45, 7) is 5.55. The van der Waals surface area contributed by atoms with Crippen LogP contribution in [0.3, 0.4) is 0 Å². The first kappa shape index (κ1) is 15.2. The molecule has 5 nitrogen and oxygen atoms in total. The van der Waals surface area contributed by atoms with E-state index >= 15 is 0 Å². The van der Waals surface area contributed by atoms with Crippen LogP contribution in [0.1, 0.15) is 33.1 Å². The zero-order chi connectivity index (χ0) is 13.4. The number of aliphatic hydroxyl groups is 1. The maximum Gasteiger partial charge on any atom is 0.224 e. The molecule has 0 aliphatic rings. The number of rotatable bonds is 8. The van der Waals surface area contributed by atoms with Crippen LogP contribution < -0.4 is 10.6 Å². The first-order chi connectivity index (χ1) is 8.63. The van der Waals surface area contributed by atoms with Crippen LogP contribution in [0.4, 0.5) is 11.8 Å². The molecule has 1 unspecified atom stereocenters. The van der Waals surface area contributed by atoms with Gasteiger partial charge in [0.05, 0.1) is 10.6 Å². The standard InChI is InChI=1S/C12H21BrN4O/c1-3-6-15-12-16-8-10(13)11(17-12)14-7-4-5-9(2)18/h8-9,18H,3-7H2,1-2H3,(H2,14,15,16,17). The molecule has 0 radical (unpaired) electrons. The summed E-state index contributed by atoms with van der Waals surface area (Å²) in [5.74, 6) is 1.42. The van der Waals surface area contributed by atoms with E-state index in [2.05, 4.69) is 43.5 Å². The van der Waals surface area contributed by atoms with Gasteiger partial charge in [-0.25, -0.2) is 4.98 Å². The second kappa shape index (κ2) is 8.26. The predicted molar refractivity (Wildman–Crippen MR) is 77.9 cm³/mol. The first-order valence-corrected chi connectivity index (χ1v) is 7.11. The fourth-order valence-corrected chi connectivity index (χ4v) is 1.75. The molecule has 0 aliphatic carbocycles. The predicted octanol–water partition coefficient (Wildman–Crippen LogP) is 2.63. The minimum absolute atomic E-state index is 0.248. The van der Waals surface area contributed by atoms with Crippen molar-refractivity contribution >= 4 is 27.7 Å². The van der Waals surface area contributed by atoms with Crippen molar-refractivity contribution in [1.82, 2.24) is 9.97 Å². The van der Waals surface area contributed by atoms with E-state index in [0.29, 0.717) is 5.95 Å². The highest BCUT2D eigenvalue weighted by Gasteiger charge is 2.04. The Kier molecular flexibility index (Phi) is 6.97. The molecular formula is C12H21BrN4O. The lowest BCUT2D eigenvalue weighted by Crippen LogP contribution is -2.10. The largest absolute Gasteiger partial charge is 0.393 e. The average Bonchev–Trinajstić information content (AvgIpc) is 2.34. The molecule has 0 bridgehead atoms. The number of hydrogen-bond donors (Lipinski definition) is 3. The minimum Gasteiger partial charge on any atom is -0.393 e. The fraction of sp³-hybridized carbons (Fsp3) is 0.667. The van der Waals surface area contributed by atoms with Crippen LogP contribution in [-0.4, -0.2) is 34.3 Å². The third kappa shape index (κ3) is 5.64. The summed E-state index contributed by atoms with van der Waals surface area (Å²) >= 11 is 3.41. The van der Waals surface area contributed by atoms with Gasteiger partial charge in [-0.05, 0) is 42.1 Å². The zero-order valence-electron chi connectivity index (χ0n) is 10.9. The topological polar surface area (TPSA) is 70.1 Å². The number of nitrogens with zero attached hydrogens (tertiary/aromatic N) is 2. The van der Waals surface area contributed by atoms with Gasteiger partial charge in [0.2, 0.25) is 5.95 Å². The maximum absolute atomic E-state index is 9.17. The lowest BCUT2D eigenvalue weighted by atomic mass is 10.2. The van der Waals surface area contributed by atoms with Gasteiger partial charge >= 0.3 is 0 Å². The molecule has 0 fully saturated rings. The molecule has 1 rings (SSSR count). The van der Waals surface area contributed by atoms with Crippen LogP contribution in [0.5, 0.6) is 0 Å². The first-order valence-electron chi connectivity index (χ1n) is 6.31. The highest BCUT2D eigenvalue weighted by molar-refractivity contribution is 9.10. The number of anilines is 2. The van der Waals surface area contributed by atoms with Gasteiger partial charge in [0.15, 0.2) is 0 Å². The number of aromatic nitrogens is 2. The summed E-state index contributed by atoms with van der Waals surface area (Å²) in [5.41, 5.74) is 0. The Hall–Kier alpha value is -0.880. The molecule has 1 aromatic heterocycles. The molecule has 1 heterocycles. The minimum atomic E-state index is -0.248. The Morgan fingerprint density at radius 2 is 2.17 bits per heavy atom. The molecule has 0 saturated carbocycles. The van der Waals surface area contributed by atoms with Crippen molar-refractivity contribution in [3.05, 3.63) is 10.7 Å². The number of halogens is 1. The van der Waals surface area contributed by atoms with E-state index in [0.717, 1.165) is 42.6 Å². The summed E-state index contributed by atoms with van der Waals surface area (Å²) in [4.78, 5) is 8.57. The number of aliphatic hydroxyl groups excluding tert-OH is 1. The fourth-order valence-electron chi connectivity index (χ4n) is 1.42. The van der Waals surface area contributed by atoms with Crippen molar-refractivity contribution in [3.8, 4) is 0 Å². The van der Waals surface area contributed by atoms with E-state index in [1.807, 2.05) is 0 Å². The van der Waals surface area contributed by atoms with Gasteiger partial charge in [-0.1, -0.05) is 6.92 Å². The van der Waals surface area contributed by atoms with Crippen molar-refractivity contribution < 1.29 is 5.11 Å². The van der Waals surface area contributed by atoms with Crippen molar-refractivity contribution in [2.24, 2.45) is 0 Å². The quantitative estimate of drug-likeness (QED) is 0.643. The van der Waals surface area contributed by atoms with Crippen molar-refractivity contribution in [2.45, 2.75) is 39.2 Å². The van der Waals surface area contributed by atoms with Gasteiger partial charge in [0, 0.05) is 19.3 Å². The van der Waals surface area contributed by atoms with E-state index in [1.165, 1.54) is 0 Å². The second-order valence-corrected chi connectivity index (χ2v) is 5.09. The Labute approximate surface area is 117 Å². The molecule has 1 aromatic rings. The molecule has 18 heavy (non-hydrogen) atoms. The number of hydrogen-bond acceptors (Lipinski definition) is 5. The third-order valence-electron chi connectivity index (χ3n) is 2.37. The van der Waals surface area contributed by atoms with Crippen LogP contribution in [-0.2, 0) is 0 Å².